The van der Waals surface area contributed by atoms with Gasteiger partial charge in [-0.2, -0.15) is 8.78 Å². The molecule has 0 radical (unpaired) electrons. The molecule has 0 aliphatic carbocycles. The Morgan fingerprint density at radius 2 is 1.72 bits per heavy atom. The summed E-state index contributed by atoms with van der Waals surface area (Å²) in [5.41, 5.74) is 0.890. The van der Waals surface area contributed by atoms with Crippen molar-refractivity contribution in [1.82, 2.24) is 0 Å². The van der Waals surface area contributed by atoms with Crippen LogP contribution in [0.25, 0.3) is 0 Å². The Kier molecular flexibility index (Phi) is 7.74. The maximum Gasteiger partial charge on any atom is 0.387 e. The summed E-state index contributed by atoms with van der Waals surface area (Å²) in [6, 6.07) is 13.1. The van der Waals surface area contributed by atoms with Crippen molar-refractivity contribution in [3.8, 4) is 5.75 Å². The van der Waals surface area contributed by atoms with Crippen LogP contribution in [-0.4, -0.2) is 31.0 Å². The van der Waals surface area contributed by atoms with Crippen LogP contribution in [-0.2, 0) is 9.53 Å². The minimum atomic E-state index is -3.03. The number of hydrogen-bond acceptors (Lipinski definition) is 6. The Labute approximate surface area is 189 Å². The number of rotatable bonds is 8. The predicted molar refractivity (Wildman–Crippen MR) is 116 cm³/mol. The zero-order valence-electron chi connectivity index (χ0n) is 16.1. The summed E-state index contributed by atoms with van der Waals surface area (Å²) in [4.78, 5) is 36.7. The highest BCUT2D eigenvalue weighted by Gasteiger charge is 2.13. The minimum Gasteiger partial charge on any atom is -0.452 e. The van der Waals surface area contributed by atoms with Gasteiger partial charge in [0.2, 0.25) is 0 Å². The first-order valence-corrected chi connectivity index (χ1v) is 10.2. The number of ether oxygens (including phenoxy) is 2. The Balaban J connectivity index is 1.49. The van der Waals surface area contributed by atoms with Gasteiger partial charge in [-0.15, -0.1) is 11.3 Å². The molecule has 0 aliphatic rings. The molecule has 0 saturated heterocycles. The normalized spacial score (nSPS) is 10.5. The molecule has 7 nitrogen and oxygen atoms in total. The number of esters is 1. The average Bonchev–Trinajstić information content (AvgIpc) is 3.29. The third-order valence-electron chi connectivity index (χ3n) is 3.89. The topological polar surface area (TPSA) is 93.7 Å². The van der Waals surface area contributed by atoms with Crippen molar-refractivity contribution >= 4 is 52.1 Å². The second-order valence-corrected chi connectivity index (χ2v) is 7.51. The summed E-state index contributed by atoms with van der Waals surface area (Å²) in [6.07, 6.45) is 0. The minimum absolute atomic E-state index is 0.119. The van der Waals surface area contributed by atoms with Gasteiger partial charge < -0.3 is 20.1 Å². The number of alkyl halides is 2. The Hall–Kier alpha value is -3.50. The molecule has 0 unspecified atom stereocenters. The second-order valence-electron chi connectivity index (χ2n) is 6.16. The monoisotopic (exact) mass is 480 g/mol. The molecule has 0 spiro atoms. The van der Waals surface area contributed by atoms with E-state index in [0.29, 0.717) is 10.6 Å². The van der Waals surface area contributed by atoms with Crippen LogP contribution >= 0.6 is 22.9 Å². The maximum atomic E-state index is 12.2. The smallest absolute Gasteiger partial charge is 0.387 e. The Morgan fingerprint density at radius 1 is 1.00 bits per heavy atom. The predicted octanol–water partition coefficient (Wildman–Crippen LogP) is 5.05. The number of hydrogen-bond donors (Lipinski definition) is 2. The number of nitrogens with one attached hydrogen (secondary N) is 2. The van der Waals surface area contributed by atoms with Crippen molar-refractivity contribution in [1.29, 1.82) is 0 Å². The van der Waals surface area contributed by atoms with E-state index in [-0.39, 0.29) is 27.9 Å². The fourth-order valence-corrected chi connectivity index (χ4v) is 3.32. The van der Waals surface area contributed by atoms with Gasteiger partial charge in [0.05, 0.1) is 15.5 Å². The van der Waals surface area contributed by atoms with E-state index in [2.05, 4.69) is 15.4 Å². The Bertz CT molecular complexity index is 1110. The lowest BCUT2D eigenvalue weighted by molar-refractivity contribution is -0.119. The van der Waals surface area contributed by atoms with Crippen LogP contribution < -0.4 is 15.4 Å². The molecular formula is C21H15ClF2N2O5S. The van der Waals surface area contributed by atoms with Gasteiger partial charge in [0.15, 0.2) is 6.61 Å². The van der Waals surface area contributed by atoms with Gasteiger partial charge >= 0.3 is 12.6 Å². The number of halogens is 3. The largest absolute Gasteiger partial charge is 0.452 e. The van der Waals surface area contributed by atoms with Crippen LogP contribution in [0.4, 0.5) is 20.2 Å². The lowest BCUT2D eigenvalue weighted by Crippen LogP contribution is -2.21. The number of amides is 2. The molecule has 166 valence electrons. The molecule has 1 heterocycles. The molecule has 3 rings (SSSR count). The van der Waals surface area contributed by atoms with E-state index in [4.69, 9.17) is 16.3 Å². The molecule has 32 heavy (non-hydrogen) atoms. The van der Waals surface area contributed by atoms with Gasteiger partial charge in [-0.05, 0) is 53.9 Å². The zero-order chi connectivity index (χ0) is 23.1. The molecule has 0 saturated carbocycles. The highest BCUT2D eigenvalue weighted by Crippen LogP contribution is 2.28. The maximum absolute atomic E-state index is 12.2. The quantitative estimate of drug-likeness (QED) is 0.440. The van der Waals surface area contributed by atoms with Crippen molar-refractivity contribution in [2.24, 2.45) is 0 Å². The van der Waals surface area contributed by atoms with Crippen LogP contribution in [0.1, 0.15) is 20.0 Å². The fourth-order valence-electron chi connectivity index (χ4n) is 2.47. The lowest BCUT2D eigenvalue weighted by atomic mass is 10.2. The van der Waals surface area contributed by atoms with Crippen molar-refractivity contribution in [2.75, 3.05) is 17.2 Å². The van der Waals surface area contributed by atoms with Gasteiger partial charge in [-0.25, -0.2) is 4.79 Å². The van der Waals surface area contributed by atoms with Crippen molar-refractivity contribution < 1.29 is 32.6 Å². The van der Waals surface area contributed by atoms with Crippen molar-refractivity contribution in [2.45, 2.75) is 6.61 Å². The SMILES string of the molecule is O=C(COC(=O)c1ccc(NC(=O)c2cccs2)cc1)Nc1ccc(OC(F)F)c(Cl)c1. The molecule has 2 aromatic carbocycles. The molecule has 3 aromatic rings. The van der Waals surface area contributed by atoms with Gasteiger partial charge in [-0.3, -0.25) is 9.59 Å². The summed E-state index contributed by atoms with van der Waals surface area (Å²) in [7, 11) is 0. The van der Waals surface area contributed by atoms with E-state index in [9.17, 15) is 23.2 Å². The van der Waals surface area contributed by atoms with Crippen LogP contribution in [0.15, 0.2) is 60.0 Å². The van der Waals surface area contributed by atoms with Gasteiger partial charge in [0.1, 0.15) is 5.75 Å². The molecule has 0 aliphatic heterocycles. The average molecular weight is 481 g/mol. The number of benzene rings is 2. The third-order valence-corrected chi connectivity index (χ3v) is 5.05. The summed E-state index contributed by atoms with van der Waals surface area (Å²) >= 11 is 7.12. The third kappa shape index (κ3) is 6.50. The van der Waals surface area contributed by atoms with Gasteiger partial charge in [-0.1, -0.05) is 17.7 Å². The molecule has 0 fully saturated rings. The highest BCUT2D eigenvalue weighted by atomic mass is 35.5. The molecule has 1 aromatic heterocycles. The standard InChI is InChI=1S/C21H15ClF2N2O5S/c22-15-10-14(7-8-16(15)31-21(23)24)25-18(27)11-30-20(29)12-3-5-13(6-4-12)26-19(28)17-2-1-9-32-17/h1-10,21H,11H2,(H,25,27)(H,26,28). The van der Waals surface area contributed by atoms with Gasteiger partial charge in [0, 0.05) is 11.4 Å². The van der Waals surface area contributed by atoms with E-state index in [1.165, 1.54) is 53.8 Å². The molecular weight excluding hydrogens is 466 g/mol. The van der Waals surface area contributed by atoms with Crippen molar-refractivity contribution in [3.05, 3.63) is 75.4 Å². The summed E-state index contributed by atoms with van der Waals surface area (Å²) in [5.74, 6) is -1.89. The highest BCUT2D eigenvalue weighted by molar-refractivity contribution is 7.12. The molecule has 2 amide bonds. The second kappa shape index (κ2) is 10.7. The fraction of sp³-hybridized carbons (Fsp3) is 0.0952. The van der Waals surface area contributed by atoms with E-state index in [1.54, 1.807) is 17.5 Å². The molecule has 0 atom stereocenters. The molecule has 11 heteroatoms. The summed E-state index contributed by atoms with van der Waals surface area (Å²) in [6.45, 7) is -3.61. The Morgan fingerprint density at radius 3 is 2.34 bits per heavy atom. The number of carbonyl (C=O) groups is 3. The molecule has 0 bridgehead atoms. The van der Waals surface area contributed by atoms with E-state index in [0.717, 1.165) is 0 Å². The summed E-state index contributed by atoms with van der Waals surface area (Å²) in [5, 5.41) is 6.79. The van der Waals surface area contributed by atoms with Crippen LogP contribution in [0, 0.1) is 0 Å². The van der Waals surface area contributed by atoms with Crippen LogP contribution in [0.3, 0.4) is 0 Å². The van der Waals surface area contributed by atoms with E-state index in [1.807, 2.05) is 0 Å². The zero-order valence-corrected chi connectivity index (χ0v) is 17.7. The number of thiophene rings is 1. The number of carbonyl (C=O) groups excluding carboxylic acids is 3. The van der Waals surface area contributed by atoms with Gasteiger partial charge in [0.25, 0.3) is 11.8 Å². The first kappa shape index (κ1) is 23.2. The number of anilines is 2. The van der Waals surface area contributed by atoms with Crippen molar-refractivity contribution in [3.63, 3.8) is 0 Å². The molecule has 2 N–H and O–H groups in total. The lowest BCUT2D eigenvalue weighted by Gasteiger charge is -2.10. The van der Waals surface area contributed by atoms with Crippen LogP contribution in [0.5, 0.6) is 5.75 Å². The van der Waals surface area contributed by atoms with E-state index < -0.39 is 25.1 Å². The summed E-state index contributed by atoms with van der Waals surface area (Å²) < 4.78 is 33.7. The first-order valence-electron chi connectivity index (χ1n) is 8.98. The van der Waals surface area contributed by atoms with Crippen LogP contribution in [0.2, 0.25) is 5.02 Å². The van der Waals surface area contributed by atoms with E-state index >= 15 is 0 Å². The first-order chi connectivity index (χ1) is 15.3.